The van der Waals surface area contributed by atoms with Crippen LogP contribution in [0.25, 0.3) is 0 Å². The van der Waals surface area contributed by atoms with Crippen molar-refractivity contribution in [3.63, 3.8) is 0 Å². The number of aromatic nitrogens is 3. The van der Waals surface area contributed by atoms with Crippen molar-refractivity contribution in [2.24, 2.45) is 17.1 Å². The van der Waals surface area contributed by atoms with E-state index in [-0.39, 0.29) is 6.04 Å². The third-order valence-corrected chi connectivity index (χ3v) is 4.28. The molecule has 1 unspecified atom stereocenters. The lowest BCUT2D eigenvalue weighted by Crippen LogP contribution is -2.40. The SMILES string of the molecule is CC(C)Cn1ncnc1CC(N)C1(C)CCCC1. The highest BCUT2D eigenvalue weighted by Gasteiger charge is 2.35. The molecule has 0 spiro atoms. The van der Waals surface area contributed by atoms with Gasteiger partial charge in [-0.25, -0.2) is 9.67 Å². The normalized spacial score (nSPS) is 20.5. The molecule has 1 aromatic heterocycles. The Bertz CT molecular complexity index is 377. The minimum atomic E-state index is 0.204. The van der Waals surface area contributed by atoms with Crippen molar-refractivity contribution in [3.8, 4) is 0 Å². The molecule has 1 atom stereocenters. The molecular weight excluding hydrogens is 224 g/mol. The maximum absolute atomic E-state index is 6.42. The summed E-state index contributed by atoms with van der Waals surface area (Å²) >= 11 is 0. The largest absolute Gasteiger partial charge is 0.327 e. The lowest BCUT2D eigenvalue weighted by Gasteiger charge is -2.30. The first-order valence-corrected chi connectivity index (χ1v) is 7.13. The fourth-order valence-electron chi connectivity index (χ4n) is 2.94. The van der Waals surface area contributed by atoms with Crippen LogP contribution in [0.15, 0.2) is 6.33 Å². The summed E-state index contributed by atoms with van der Waals surface area (Å²) in [5.74, 6) is 1.63. The number of nitrogens with zero attached hydrogens (tertiary/aromatic N) is 3. The standard InChI is InChI=1S/C14H26N4/c1-11(2)9-18-13(16-10-17-18)8-12(15)14(3)6-4-5-7-14/h10-12H,4-9,15H2,1-3H3. The summed E-state index contributed by atoms with van der Waals surface area (Å²) in [5, 5.41) is 4.31. The van der Waals surface area contributed by atoms with E-state index in [1.165, 1.54) is 25.7 Å². The van der Waals surface area contributed by atoms with Crippen molar-refractivity contribution in [3.05, 3.63) is 12.2 Å². The van der Waals surface area contributed by atoms with E-state index in [0.29, 0.717) is 11.3 Å². The molecule has 1 aliphatic rings. The van der Waals surface area contributed by atoms with Gasteiger partial charge in [0.25, 0.3) is 0 Å². The molecule has 0 bridgehead atoms. The highest BCUT2D eigenvalue weighted by Crippen LogP contribution is 2.40. The van der Waals surface area contributed by atoms with E-state index in [0.717, 1.165) is 18.8 Å². The molecule has 1 fully saturated rings. The molecule has 1 aromatic rings. The van der Waals surface area contributed by atoms with Gasteiger partial charge in [-0.2, -0.15) is 5.10 Å². The van der Waals surface area contributed by atoms with Crippen LogP contribution >= 0.6 is 0 Å². The molecule has 4 nitrogen and oxygen atoms in total. The molecule has 4 heteroatoms. The van der Waals surface area contributed by atoms with Gasteiger partial charge >= 0.3 is 0 Å². The average molecular weight is 250 g/mol. The van der Waals surface area contributed by atoms with Crippen LogP contribution in [0.2, 0.25) is 0 Å². The Balaban J connectivity index is 2.02. The van der Waals surface area contributed by atoms with E-state index < -0.39 is 0 Å². The van der Waals surface area contributed by atoms with Crippen LogP contribution < -0.4 is 5.73 Å². The van der Waals surface area contributed by atoms with E-state index in [9.17, 15) is 0 Å². The summed E-state index contributed by atoms with van der Waals surface area (Å²) in [6.45, 7) is 7.65. The molecule has 0 saturated heterocycles. The van der Waals surface area contributed by atoms with Crippen LogP contribution in [0.3, 0.4) is 0 Å². The Morgan fingerprint density at radius 1 is 1.39 bits per heavy atom. The summed E-state index contributed by atoms with van der Waals surface area (Å²) in [6.07, 6.45) is 7.66. The second-order valence-corrected chi connectivity index (χ2v) is 6.42. The smallest absolute Gasteiger partial charge is 0.138 e. The van der Waals surface area contributed by atoms with Gasteiger partial charge in [-0.1, -0.05) is 33.6 Å². The van der Waals surface area contributed by atoms with Crippen molar-refractivity contribution in [1.29, 1.82) is 0 Å². The number of hydrogen-bond donors (Lipinski definition) is 1. The second kappa shape index (κ2) is 5.39. The highest BCUT2D eigenvalue weighted by atomic mass is 15.3. The third-order valence-electron chi connectivity index (χ3n) is 4.28. The predicted molar refractivity (Wildman–Crippen MR) is 73.1 cm³/mol. The fourth-order valence-corrected chi connectivity index (χ4v) is 2.94. The summed E-state index contributed by atoms with van der Waals surface area (Å²) < 4.78 is 2.02. The molecule has 18 heavy (non-hydrogen) atoms. The van der Waals surface area contributed by atoms with Crippen LogP contribution in [0.4, 0.5) is 0 Å². The number of nitrogens with two attached hydrogens (primary N) is 1. The molecular formula is C14H26N4. The van der Waals surface area contributed by atoms with Gasteiger partial charge in [0.05, 0.1) is 0 Å². The van der Waals surface area contributed by atoms with Gasteiger partial charge in [-0.3, -0.25) is 0 Å². The van der Waals surface area contributed by atoms with E-state index in [1.54, 1.807) is 6.33 Å². The predicted octanol–water partition coefficient (Wildman–Crippen LogP) is 2.38. The Kier molecular flexibility index (Phi) is 4.05. The zero-order valence-corrected chi connectivity index (χ0v) is 11.9. The maximum atomic E-state index is 6.42. The first-order valence-electron chi connectivity index (χ1n) is 7.13. The number of rotatable bonds is 5. The van der Waals surface area contributed by atoms with Gasteiger partial charge in [0.1, 0.15) is 12.2 Å². The van der Waals surface area contributed by atoms with E-state index in [4.69, 9.17) is 5.73 Å². The van der Waals surface area contributed by atoms with Gasteiger partial charge in [0, 0.05) is 19.0 Å². The highest BCUT2D eigenvalue weighted by molar-refractivity contribution is 4.97. The minimum absolute atomic E-state index is 0.204. The van der Waals surface area contributed by atoms with Crippen LogP contribution in [0.5, 0.6) is 0 Å². The van der Waals surface area contributed by atoms with Crippen molar-refractivity contribution in [2.75, 3.05) is 0 Å². The van der Waals surface area contributed by atoms with E-state index in [1.807, 2.05) is 4.68 Å². The maximum Gasteiger partial charge on any atom is 0.138 e. The Hall–Kier alpha value is -0.900. The molecule has 1 aliphatic carbocycles. The van der Waals surface area contributed by atoms with E-state index in [2.05, 4.69) is 30.9 Å². The second-order valence-electron chi connectivity index (χ2n) is 6.42. The molecule has 2 rings (SSSR count). The van der Waals surface area contributed by atoms with Crippen LogP contribution in [-0.4, -0.2) is 20.8 Å². The molecule has 0 aliphatic heterocycles. The van der Waals surface area contributed by atoms with Gasteiger partial charge in [-0.15, -0.1) is 0 Å². The number of hydrogen-bond acceptors (Lipinski definition) is 3. The molecule has 102 valence electrons. The quantitative estimate of drug-likeness (QED) is 0.873. The van der Waals surface area contributed by atoms with Gasteiger partial charge in [0.2, 0.25) is 0 Å². The van der Waals surface area contributed by atoms with Crippen LogP contribution in [0.1, 0.15) is 52.3 Å². The molecule has 0 radical (unpaired) electrons. The van der Waals surface area contributed by atoms with Gasteiger partial charge < -0.3 is 5.73 Å². The summed E-state index contributed by atoms with van der Waals surface area (Å²) in [4.78, 5) is 4.38. The van der Waals surface area contributed by atoms with Gasteiger partial charge in [0.15, 0.2) is 0 Å². The minimum Gasteiger partial charge on any atom is -0.327 e. The molecule has 0 amide bonds. The average Bonchev–Trinajstić information content (AvgIpc) is 2.89. The van der Waals surface area contributed by atoms with Crippen LogP contribution in [0, 0.1) is 11.3 Å². The Labute approximate surface area is 110 Å². The zero-order valence-electron chi connectivity index (χ0n) is 11.9. The summed E-state index contributed by atoms with van der Waals surface area (Å²) in [7, 11) is 0. The van der Waals surface area contributed by atoms with Crippen LogP contribution in [-0.2, 0) is 13.0 Å². The lowest BCUT2D eigenvalue weighted by molar-refractivity contribution is 0.255. The van der Waals surface area contributed by atoms with E-state index >= 15 is 0 Å². The monoisotopic (exact) mass is 250 g/mol. The summed E-state index contributed by atoms with van der Waals surface area (Å²) in [6, 6.07) is 0.204. The Morgan fingerprint density at radius 3 is 2.67 bits per heavy atom. The molecule has 2 N–H and O–H groups in total. The first kappa shape index (κ1) is 13.5. The topological polar surface area (TPSA) is 56.7 Å². The fraction of sp³-hybridized carbons (Fsp3) is 0.857. The first-order chi connectivity index (χ1) is 8.51. The van der Waals surface area contributed by atoms with Gasteiger partial charge in [-0.05, 0) is 24.2 Å². The van der Waals surface area contributed by atoms with Crippen molar-refractivity contribution in [1.82, 2.24) is 14.8 Å². The third kappa shape index (κ3) is 2.91. The molecule has 1 saturated carbocycles. The zero-order chi connectivity index (χ0) is 13.2. The van der Waals surface area contributed by atoms with Crippen molar-refractivity contribution >= 4 is 0 Å². The molecule has 1 heterocycles. The van der Waals surface area contributed by atoms with Crippen molar-refractivity contribution < 1.29 is 0 Å². The van der Waals surface area contributed by atoms with Crippen molar-refractivity contribution in [2.45, 2.75) is 65.5 Å². The lowest BCUT2D eigenvalue weighted by atomic mass is 9.79. The summed E-state index contributed by atoms with van der Waals surface area (Å²) in [5.41, 5.74) is 6.72. The Morgan fingerprint density at radius 2 is 2.06 bits per heavy atom. The molecule has 0 aromatic carbocycles.